The molecule has 166 valence electrons. The van der Waals surface area contributed by atoms with Crippen molar-refractivity contribution in [1.29, 1.82) is 0 Å². The standard InChI is InChI=1S/C27H24N2O4/c30-22-14-8-18(9-15-22)24-23(25(31)19-6-2-1-3-7-19)26(32)27(33)29(24)21-12-10-20(11-13-21)28-16-4-5-17-28/h1-3,6-15,24,30-31H,4-5,16-17H2/b25-23+. The van der Waals surface area contributed by atoms with Gasteiger partial charge in [0.05, 0.1) is 11.6 Å². The molecule has 2 N–H and O–H groups in total. The Morgan fingerprint density at radius 3 is 2.03 bits per heavy atom. The Labute approximate surface area is 192 Å². The minimum atomic E-state index is -0.816. The number of carbonyl (C=O) groups excluding carboxylic acids is 2. The van der Waals surface area contributed by atoms with E-state index in [9.17, 15) is 19.8 Å². The Balaban J connectivity index is 1.62. The Morgan fingerprint density at radius 2 is 1.39 bits per heavy atom. The van der Waals surface area contributed by atoms with E-state index in [1.807, 2.05) is 30.3 Å². The molecule has 0 spiro atoms. The van der Waals surface area contributed by atoms with E-state index in [1.54, 1.807) is 36.4 Å². The fourth-order valence-electron chi connectivity index (χ4n) is 4.62. The second kappa shape index (κ2) is 8.47. The maximum Gasteiger partial charge on any atom is 0.300 e. The molecule has 6 heteroatoms. The third-order valence-corrected chi connectivity index (χ3v) is 6.30. The number of hydrogen-bond donors (Lipinski definition) is 2. The highest BCUT2D eigenvalue weighted by Crippen LogP contribution is 2.42. The van der Waals surface area contributed by atoms with Crippen LogP contribution in [0, 0.1) is 0 Å². The van der Waals surface area contributed by atoms with Crippen LogP contribution in [0.15, 0.2) is 84.4 Å². The van der Waals surface area contributed by atoms with Crippen LogP contribution >= 0.6 is 0 Å². The van der Waals surface area contributed by atoms with Gasteiger partial charge in [-0.3, -0.25) is 14.5 Å². The SMILES string of the molecule is O=C1C(=O)N(c2ccc(N3CCCC3)cc2)C(c2ccc(O)cc2)/C1=C(\O)c1ccccc1. The molecule has 5 rings (SSSR count). The van der Waals surface area contributed by atoms with Gasteiger partial charge in [-0.15, -0.1) is 0 Å². The number of anilines is 2. The third kappa shape index (κ3) is 3.74. The lowest BCUT2D eigenvalue weighted by molar-refractivity contribution is -0.132. The minimum absolute atomic E-state index is 0.0282. The van der Waals surface area contributed by atoms with Gasteiger partial charge in [0, 0.05) is 30.0 Å². The molecule has 1 amide bonds. The summed E-state index contributed by atoms with van der Waals surface area (Å²) >= 11 is 0. The summed E-state index contributed by atoms with van der Waals surface area (Å²) in [6, 6.07) is 21.9. The molecule has 2 aliphatic heterocycles. The van der Waals surface area contributed by atoms with Crippen LogP contribution in [0.2, 0.25) is 0 Å². The average Bonchev–Trinajstić information content (AvgIpc) is 3.47. The molecule has 6 nitrogen and oxygen atoms in total. The van der Waals surface area contributed by atoms with Crippen molar-refractivity contribution >= 4 is 28.8 Å². The number of nitrogens with zero attached hydrogens (tertiary/aromatic N) is 2. The van der Waals surface area contributed by atoms with Crippen LogP contribution in [0.5, 0.6) is 5.75 Å². The van der Waals surface area contributed by atoms with Crippen molar-refractivity contribution < 1.29 is 19.8 Å². The van der Waals surface area contributed by atoms with Crippen molar-refractivity contribution in [2.24, 2.45) is 0 Å². The normalized spacial score (nSPS) is 19.9. The van der Waals surface area contributed by atoms with E-state index >= 15 is 0 Å². The number of aliphatic hydroxyl groups excluding tert-OH is 1. The molecule has 0 radical (unpaired) electrons. The minimum Gasteiger partial charge on any atom is -0.508 e. The summed E-state index contributed by atoms with van der Waals surface area (Å²) in [5, 5.41) is 20.8. The largest absolute Gasteiger partial charge is 0.508 e. The van der Waals surface area contributed by atoms with Gasteiger partial charge in [0.1, 0.15) is 11.5 Å². The Hall–Kier alpha value is -4.06. The Bertz CT molecular complexity index is 1210. The van der Waals surface area contributed by atoms with Gasteiger partial charge in [-0.25, -0.2) is 0 Å². The summed E-state index contributed by atoms with van der Waals surface area (Å²) in [6.45, 7) is 2.02. The zero-order valence-corrected chi connectivity index (χ0v) is 18.0. The second-order valence-corrected chi connectivity index (χ2v) is 8.34. The highest BCUT2D eigenvalue weighted by atomic mass is 16.3. The quantitative estimate of drug-likeness (QED) is 0.352. The molecule has 33 heavy (non-hydrogen) atoms. The summed E-state index contributed by atoms with van der Waals surface area (Å²) in [4.78, 5) is 30.1. The molecule has 3 aromatic carbocycles. The topological polar surface area (TPSA) is 81.1 Å². The number of amides is 1. The summed E-state index contributed by atoms with van der Waals surface area (Å²) in [5.74, 6) is -1.57. The van der Waals surface area contributed by atoms with Gasteiger partial charge in [-0.05, 0) is 54.8 Å². The molecule has 2 heterocycles. The first-order valence-electron chi connectivity index (χ1n) is 11.0. The molecule has 2 fully saturated rings. The molecule has 2 saturated heterocycles. The predicted molar refractivity (Wildman–Crippen MR) is 127 cm³/mol. The van der Waals surface area contributed by atoms with Gasteiger partial charge in [0.25, 0.3) is 11.7 Å². The first-order chi connectivity index (χ1) is 16.0. The monoisotopic (exact) mass is 440 g/mol. The summed E-state index contributed by atoms with van der Waals surface area (Å²) in [5.41, 5.74) is 2.76. The number of Topliss-reactive ketones (excluding diaryl/α,β-unsaturated/α-hetero) is 1. The molecule has 1 unspecified atom stereocenters. The predicted octanol–water partition coefficient (Wildman–Crippen LogP) is 4.62. The highest BCUT2D eigenvalue weighted by Gasteiger charge is 2.47. The fourth-order valence-corrected chi connectivity index (χ4v) is 4.62. The number of rotatable bonds is 4. The van der Waals surface area contributed by atoms with Crippen molar-refractivity contribution in [1.82, 2.24) is 0 Å². The lowest BCUT2D eigenvalue weighted by Gasteiger charge is -2.26. The van der Waals surface area contributed by atoms with E-state index in [-0.39, 0.29) is 17.1 Å². The maximum atomic E-state index is 13.2. The fraction of sp³-hybridized carbons (Fsp3) is 0.185. The lowest BCUT2D eigenvalue weighted by atomic mass is 9.95. The average molecular weight is 440 g/mol. The number of aromatic hydroxyl groups is 1. The van der Waals surface area contributed by atoms with E-state index in [2.05, 4.69) is 4.90 Å². The zero-order valence-electron chi connectivity index (χ0n) is 18.0. The molecule has 2 aliphatic rings. The molecule has 0 aromatic heterocycles. The van der Waals surface area contributed by atoms with Gasteiger partial charge >= 0.3 is 0 Å². The Kier molecular flexibility index (Phi) is 5.34. The number of phenolic OH excluding ortho intramolecular Hbond substituents is 1. The first-order valence-corrected chi connectivity index (χ1v) is 11.0. The van der Waals surface area contributed by atoms with E-state index < -0.39 is 17.7 Å². The third-order valence-electron chi connectivity index (χ3n) is 6.30. The number of carbonyl (C=O) groups is 2. The summed E-state index contributed by atoms with van der Waals surface area (Å²) in [6.07, 6.45) is 2.33. The molecular weight excluding hydrogens is 416 g/mol. The number of phenols is 1. The number of aliphatic hydroxyl groups is 1. The van der Waals surface area contributed by atoms with Gasteiger partial charge in [-0.2, -0.15) is 0 Å². The van der Waals surface area contributed by atoms with Crippen LogP contribution in [-0.4, -0.2) is 35.0 Å². The maximum absolute atomic E-state index is 13.2. The number of hydrogen-bond acceptors (Lipinski definition) is 5. The van der Waals surface area contributed by atoms with Crippen LogP contribution in [0.25, 0.3) is 5.76 Å². The van der Waals surface area contributed by atoms with Crippen LogP contribution in [0.3, 0.4) is 0 Å². The number of benzene rings is 3. The number of ketones is 1. The van der Waals surface area contributed by atoms with Gasteiger partial charge in [-0.1, -0.05) is 42.5 Å². The van der Waals surface area contributed by atoms with Crippen LogP contribution in [0.4, 0.5) is 11.4 Å². The second-order valence-electron chi connectivity index (χ2n) is 8.34. The van der Waals surface area contributed by atoms with Crippen molar-refractivity contribution in [2.75, 3.05) is 22.9 Å². The van der Waals surface area contributed by atoms with Crippen molar-refractivity contribution in [3.8, 4) is 5.75 Å². The molecule has 0 saturated carbocycles. The molecule has 3 aromatic rings. The molecular formula is C27H24N2O4. The molecule has 0 bridgehead atoms. The molecule has 1 atom stereocenters. The van der Waals surface area contributed by atoms with Crippen molar-refractivity contribution in [3.05, 3.63) is 95.6 Å². The van der Waals surface area contributed by atoms with Crippen molar-refractivity contribution in [2.45, 2.75) is 18.9 Å². The van der Waals surface area contributed by atoms with E-state index in [0.717, 1.165) is 31.6 Å². The van der Waals surface area contributed by atoms with Crippen molar-refractivity contribution in [3.63, 3.8) is 0 Å². The lowest BCUT2D eigenvalue weighted by Crippen LogP contribution is -2.29. The van der Waals surface area contributed by atoms with E-state index in [1.165, 1.54) is 17.0 Å². The van der Waals surface area contributed by atoms with E-state index in [0.29, 0.717) is 16.8 Å². The van der Waals surface area contributed by atoms with E-state index in [4.69, 9.17) is 0 Å². The van der Waals surface area contributed by atoms with Crippen LogP contribution in [-0.2, 0) is 9.59 Å². The summed E-state index contributed by atoms with van der Waals surface area (Å²) < 4.78 is 0. The first kappa shape index (κ1) is 20.8. The van der Waals surface area contributed by atoms with Crippen LogP contribution < -0.4 is 9.80 Å². The van der Waals surface area contributed by atoms with Gasteiger partial charge < -0.3 is 15.1 Å². The zero-order chi connectivity index (χ0) is 22.9. The highest BCUT2D eigenvalue weighted by molar-refractivity contribution is 6.51. The van der Waals surface area contributed by atoms with Crippen LogP contribution in [0.1, 0.15) is 30.0 Å². The van der Waals surface area contributed by atoms with Gasteiger partial charge in [0.2, 0.25) is 0 Å². The Morgan fingerprint density at radius 1 is 0.788 bits per heavy atom. The molecule has 0 aliphatic carbocycles. The van der Waals surface area contributed by atoms with Gasteiger partial charge in [0.15, 0.2) is 0 Å². The summed E-state index contributed by atoms with van der Waals surface area (Å²) in [7, 11) is 0. The smallest absolute Gasteiger partial charge is 0.300 e.